The van der Waals surface area contributed by atoms with Crippen molar-refractivity contribution in [1.82, 2.24) is 0 Å². The minimum absolute atomic E-state index is 0.0239. The second-order valence-electron chi connectivity index (χ2n) is 12.2. The molecular formula is C32H52O7. The van der Waals surface area contributed by atoms with Crippen molar-refractivity contribution in [1.29, 1.82) is 0 Å². The number of carboxylic acids is 1. The molecule has 2 saturated heterocycles. The van der Waals surface area contributed by atoms with Crippen LogP contribution in [0.15, 0.2) is 24.3 Å². The highest BCUT2D eigenvalue weighted by molar-refractivity contribution is 5.79. The van der Waals surface area contributed by atoms with Crippen LogP contribution in [0.4, 0.5) is 0 Å². The van der Waals surface area contributed by atoms with E-state index in [2.05, 4.69) is 19.1 Å². The molecule has 4 aliphatic rings. The number of unbranched alkanes of at least 4 members (excludes halogenated alkanes) is 2. The number of ether oxygens (including phenoxy) is 4. The van der Waals surface area contributed by atoms with Crippen LogP contribution in [0.5, 0.6) is 0 Å². The van der Waals surface area contributed by atoms with Crippen molar-refractivity contribution in [2.75, 3.05) is 13.2 Å². The van der Waals surface area contributed by atoms with E-state index in [-0.39, 0.29) is 36.6 Å². The topological polar surface area (TPSA) is 94.5 Å². The van der Waals surface area contributed by atoms with E-state index < -0.39 is 12.1 Å². The summed E-state index contributed by atoms with van der Waals surface area (Å²) in [7, 11) is 0. The maximum Gasteiger partial charge on any atom is 0.327 e. The lowest BCUT2D eigenvalue weighted by Crippen LogP contribution is -2.32. The van der Waals surface area contributed by atoms with Crippen LogP contribution in [0.3, 0.4) is 0 Å². The van der Waals surface area contributed by atoms with Gasteiger partial charge in [-0.1, -0.05) is 44.4 Å². The zero-order chi connectivity index (χ0) is 27.5. The second-order valence-corrected chi connectivity index (χ2v) is 12.2. The Labute approximate surface area is 235 Å². The maximum absolute atomic E-state index is 11.1. The quantitative estimate of drug-likeness (QED) is 0.148. The van der Waals surface area contributed by atoms with Gasteiger partial charge in [-0.25, -0.2) is 4.79 Å². The fourth-order valence-corrected chi connectivity index (χ4v) is 7.07. The Hall–Kier alpha value is -1.25. The van der Waals surface area contributed by atoms with Gasteiger partial charge in [0.1, 0.15) is 0 Å². The third-order valence-electron chi connectivity index (χ3n) is 9.37. The highest BCUT2D eigenvalue weighted by Crippen LogP contribution is 2.42. The Morgan fingerprint density at radius 3 is 2.44 bits per heavy atom. The van der Waals surface area contributed by atoms with Crippen LogP contribution in [-0.4, -0.2) is 60.3 Å². The van der Waals surface area contributed by atoms with Crippen LogP contribution in [0.25, 0.3) is 0 Å². The molecule has 9 atom stereocenters. The van der Waals surface area contributed by atoms with E-state index in [1.807, 2.05) is 0 Å². The zero-order valence-corrected chi connectivity index (χ0v) is 24.0. The summed E-state index contributed by atoms with van der Waals surface area (Å²) < 4.78 is 25.0. The lowest BCUT2D eigenvalue weighted by atomic mass is 9.87. The van der Waals surface area contributed by atoms with E-state index in [4.69, 9.17) is 24.1 Å². The maximum atomic E-state index is 11.1. The highest BCUT2D eigenvalue weighted by atomic mass is 16.7. The average Bonchev–Trinajstić information content (AvgIpc) is 3.54. The van der Waals surface area contributed by atoms with Gasteiger partial charge in [-0.05, 0) is 88.4 Å². The lowest BCUT2D eigenvalue weighted by Gasteiger charge is -2.31. The van der Waals surface area contributed by atoms with Crippen LogP contribution >= 0.6 is 0 Å². The molecule has 2 aliphatic carbocycles. The van der Waals surface area contributed by atoms with Gasteiger partial charge in [0, 0.05) is 31.6 Å². The Bertz CT molecular complexity index is 770. The van der Waals surface area contributed by atoms with E-state index in [0.717, 1.165) is 83.3 Å². The van der Waals surface area contributed by atoms with Crippen LogP contribution in [0, 0.1) is 23.7 Å². The standard InChI is InChI=1S/C32H52O7/c1-2-23-15-16-24(21-23)28(38-31-13-7-9-19-36-31)18-17-26-25(11-5-3-4-6-12-30(34)35)27(33)22-29(26)39-32-14-8-10-20-37-32/h6,12,17-18,23-29,31-33H,2-5,7-11,13-16,19-22H2,1H3,(H,34,35)/b12-6+,18-17+/t23?,24?,25-,26-,27+,28-,29-,31?,32?/m1/s1. The first-order valence-electron chi connectivity index (χ1n) is 15.8. The van der Waals surface area contributed by atoms with E-state index in [9.17, 15) is 9.90 Å². The summed E-state index contributed by atoms with van der Waals surface area (Å²) in [6.07, 6.45) is 22.1. The van der Waals surface area contributed by atoms with Gasteiger partial charge >= 0.3 is 5.97 Å². The van der Waals surface area contributed by atoms with Gasteiger partial charge in [0.15, 0.2) is 12.6 Å². The normalized spacial score (nSPS) is 36.7. The summed E-state index contributed by atoms with van der Waals surface area (Å²) in [5.41, 5.74) is 0. The number of carboxylic acid groups (broad SMARTS) is 1. The molecule has 222 valence electrons. The Kier molecular flexibility index (Phi) is 12.8. The Morgan fingerprint density at radius 2 is 1.77 bits per heavy atom. The van der Waals surface area contributed by atoms with E-state index >= 15 is 0 Å². The molecule has 2 N–H and O–H groups in total. The van der Waals surface area contributed by atoms with Gasteiger partial charge in [0.2, 0.25) is 0 Å². The molecule has 0 aromatic heterocycles. The Morgan fingerprint density at radius 1 is 1.00 bits per heavy atom. The number of hydrogen-bond donors (Lipinski definition) is 2. The van der Waals surface area contributed by atoms with Crippen molar-refractivity contribution in [2.45, 2.75) is 134 Å². The average molecular weight is 549 g/mol. The summed E-state index contributed by atoms with van der Waals surface area (Å²) >= 11 is 0. The zero-order valence-electron chi connectivity index (χ0n) is 24.0. The lowest BCUT2D eigenvalue weighted by molar-refractivity contribution is -0.193. The first-order chi connectivity index (χ1) is 19.0. The fraction of sp³-hybridized carbons (Fsp3) is 0.844. The van der Waals surface area contributed by atoms with Gasteiger partial charge in [-0.3, -0.25) is 0 Å². The first kappa shape index (κ1) is 30.7. The van der Waals surface area contributed by atoms with E-state index in [1.54, 1.807) is 6.08 Å². The minimum atomic E-state index is -0.903. The number of allylic oxidation sites excluding steroid dienone is 1. The number of aliphatic carboxylic acids is 1. The summed E-state index contributed by atoms with van der Waals surface area (Å²) in [6, 6.07) is 0. The SMILES string of the molecule is CCC1CCC([C@@H](/C=C/[C@@H]2[C@@H](CCCC/C=C/C(=O)O)[C@@H](O)C[C@H]2OC2CCCCO2)OC2CCCCO2)C1. The van der Waals surface area contributed by atoms with E-state index in [0.29, 0.717) is 12.3 Å². The molecule has 0 bridgehead atoms. The van der Waals surface area contributed by atoms with Gasteiger partial charge in [-0.2, -0.15) is 0 Å². The molecule has 4 unspecified atom stereocenters. The Balaban J connectivity index is 1.44. The molecule has 7 nitrogen and oxygen atoms in total. The van der Waals surface area contributed by atoms with Crippen LogP contribution < -0.4 is 0 Å². The van der Waals surface area contributed by atoms with Crippen molar-refractivity contribution in [3.05, 3.63) is 24.3 Å². The second kappa shape index (κ2) is 16.3. The van der Waals surface area contributed by atoms with Crippen LogP contribution in [0.2, 0.25) is 0 Å². The van der Waals surface area contributed by atoms with Gasteiger partial charge in [-0.15, -0.1) is 0 Å². The largest absolute Gasteiger partial charge is 0.478 e. The molecule has 0 amide bonds. The highest BCUT2D eigenvalue weighted by Gasteiger charge is 2.43. The molecule has 0 aromatic rings. The molecule has 4 fully saturated rings. The predicted octanol–water partition coefficient (Wildman–Crippen LogP) is 6.39. The van der Waals surface area contributed by atoms with Gasteiger partial charge in [0.05, 0.1) is 18.3 Å². The van der Waals surface area contributed by atoms with Crippen LogP contribution in [-0.2, 0) is 23.7 Å². The molecule has 2 aliphatic heterocycles. The van der Waals surface area contributed by atoms with Gasteiger partial charge < -0.3 is 29.2 Å². The van der Waals surface area contributed by atoms with E-state index in [1.165, 1.54) is 31.8 Å². The van der Waals surface area contributed by atoms with Crippen molar-refractivity contribution in [3.63, 3.8) is 0 Å². The smallest absolute Gasteiger partial charge is 0.327 e. The van der Waals surface area contributed by atoms with Crippen LogP contribution in [0.1, 0.15) is 103 Å². The molecule has 4 rings (SSSR count). The van der Waals surface area contributed by atoms with Gasteiger partial charge in [0.25, 0.3) is 0 Å². The first-order valence-corrected chi connectivity index (χ1v) is 15.8. The summed E-state index contributed by atoms with van der Waals surface area (Å²) in [6.45, 7) is 3.81. The number of hydrogen-bond acceptors (Lipinski definition) is 6. The fourth-order valence-electron chi connectivity index (χ4n) is 7.07. The molecule has 0 aromatic carbocycles. The predicted molar refractivity (Wildman–Crippen MR) is 150 cm³/mol. The van der Waals surface area contributed by atoms with Crippen molar-refractivity contribution in [2.24, 2.45) is 23.7 Å². The summed E-state index contributed by atoms with van der Waals surface area (Å²) in [4.78, 5) is 10.7. The summed E-state index contributed by atoms with van der Waals surface area (Å²) in [5, 5.41) is 20.0. The third-order valence-corrected chi connectivity index (χ3v) is 9.37. The number of rotatable bonds is 14. The molecular weight excluding hydrogens is 496 g/mol. The van der Waals surface area contributed by atoms with Crippen molar-refractivity contribution >= 4 is 5.97 Å². The molecule has 2 saturated carbocycles. The summed E-state index contributed by atoms with van der Waals surface area (Å²) in [5.74, 6) is 0.582. The molecule has 0 radical (unpaired) electrons. The van der Waals surface area contributed by atoms with Crippen molar-refractivity contribution < 1.29 is 34.0 Å². The van der Waals surface area contributed by atoms with Crippen molar-refractivity contribution in [3.8, 4) is 0 Å². The monoisotopic (exact) mass is 548 g/mol. The third kappa shape index (κ3) is 9.67. The minimum Gasteiger partial charge on any atom is -0.478 e. The number of carbonyl (C=O) groups is 1. The molecule has 2 heterocycles. The number of aliphatic hydroxyl groups is 1. The molecule has 39 heavy (non-hydrogen) atoms. The number of aliphatic hydroxyl groups excluding tert-OH is 1. The molecule has 7 heteroatoms. The molecule has 0 spiro atoms.